The summed E-state index contributed by atoms with van der Waals surface area (Å²) in [7, 11) is -1.98. The third kappa shape index (κ3) is 12.4. The summed E-state index contributed by atoms with van der Waals surface area (Å²) in [6, 6.07) is 0. The molecule has 0 rings (SSSR count). The zero-order chi connectivity index (χ0) is 13.5. The summed E-state index contributed by atoms with van der Waals surface area (Å²) in [6.45, 7) is 17.1. The van der Waals surface area contributed by atoms with Gasteiger partial charge in [-0.15, -0.1) is 0 Å². The molecule has 0 aliphatic rings. The van der Waals surface area contributed by atoms with Gasteiger partial charge in [0.05, 0.1) is 0 Å². The average Bonchev–Trinajstić information content (AvgIpc) is 2.16. The molecule has 0 aromatic rings. The van der Waals surface area contributed by atoms with Crippen molar-refractivity contribution in [3.8, 4) is 0 Å². The van der Waals surface area contributed by atoms with Crippen LogP contribution in [0.15, 0.2) is 0 Å². The van der Waals surface area contributed by atoms with Crippen LogP contribution in [-0.4, -0.2) is 35.8 Å². The van der Waals surface area contributed by atoms with Crippen LogP contribution in [-0.2, 0) is 26.2 Å². The van der Waals surface area contributed by atoms with Crippen molar-refractivity contribution in [1.29, 1.82) is 0 Å². The molecule has 0 atom stereocenters. The molecule has 0 aromatic carbocycles. The van der Waals surface area contributed by atoms with Crippen LogP contribution in [0.4, 0.5) is 0 Å². The van der Waals surface area contributed by atoms with Gasteiger partial charge in [0.2, 0.25) is 0 Å². The largest absolute Gasteiger partial charge is 0.431 e. The second kappa shape index (κ2) is 15.3. The van der Waals surface area contributed by atoms with Gasteiger partial charge in [0.15, 0.2) is 8.32 Å². The molecule has 0 aromatic heterocycles. The Kier molecular flexibility index (Phi) is 25.9. The van der Waals surface area contributed by atoms with Gasteiger partial charge in [-0.05, 0) is 22.5 Å². The molecule has 19 heavy (non-hydrogen) atoms. The van der Waals surface area contributed by atoms with E-state index < -0.39 is 8.32 Å². The van der Waals surface area contributed by atoms with E-state index in [1.807, 2.05) is 13.8 Å². The molecule has 0 aliphatic heterocycles. The monoisotopic (exact) mass is 374 g/mol. The molecule has 120 valence electrons. The predicted octanol–water partition coefficient (Wildman–Crippen LogP) is 2.14. The standard InChI is InChI=1S/C9H22OSi.C4H10O.2H2O.Zr/c1-7(2)11(10,8(3)4)9(5)6;1-4(2)3-5;;;/h7-10H,1-6H3;4-5H,3H2,1-2H3;2*1H2;. The number of aliphatic hydroxyl groups excluding tert-OH is 1. The molecule has 0 amide bonds. The van der Waals surface area contributed by atoms with Crippen LogP contribution in [0.3, 0.4) is 0 Å². The van der Waals surface area contributed by atoms with E-state index in [9.17, 15) is 4.80 Å². The number of aliphatic hydroxyl groups is 1. The van der Waals surface area contributed by atoms with Gasteiger partial charge in [0, 0.05) is 32.8 Å². The molecule has 0 radical (unpaired) electrons. The van der Waals surface area contributed by atoms with E-state index in [0.717, 1.165) is 0 Å². The van der Waals surface area contributed by atoms with E-state index in [4.69, 9.17) is 5.11 Å². The maximum Gasteiger partial charge on any atom is 0.196 e. The zero-order valence-electron chi connectivity index (χ0n) is 13.9. The molecule has 0 fully saturated rings. The van der Waals surface area contributed by atoms with Gasteiger partial charge in [-0.3, -0.25) is 0 Å². The van der Waals surface area contributed by atoms with E-state index in [2.05, 4.69) is 41.5 Å². The second-order valence-electron chi connectivity index (χ2n) is 5.93. The molecule has 0 spiro atoms. The van der Waals surface area contributed by atoms with Crippen LogP contribution >= 0.6 is 0 Å². The Hall–Kier alpha value is 0.940. The van der Waals surface area contributed by atoms with Crippen LogP contribution in [0.2, 0.25) is 16.6 Å². The fourth-order valence-corrected chi connectivity index (χ4v) is 6.00. The second-order valence-corrected chi connectivity index (χ2v) is 11.2. The average molecular weight is 376 g/mol. The van der Waals surface area contributed by atoms with Gasteiger partial charge in [-0.25, -0.2) is 0 Å². The van der Waals surface area contributed by atoms with Crippen molar-refractivity contribution in [3.63, 3.8) is 0 Å². The Morgan fingerprint density at radius 1 is 0.737 bits per heavy atom. The molecule has 6 heteroatoms. The topological polar surface area (TPSA) is 103 Å². The van der Waals surface area contributed by atoms with Crippen molar-refractivity contribution >= 4 is 8.32 Å². The number of hydrogen-bond acceptors (Lipinski definition) is 2. The summed E-state index contributed by atoms with van der Waals surface area (Å²) in [6.07, 6.45) is 0. The Morgan fingerprint density at radius 3 is 0.895 bits per heavy atom. The number of rotatable bonds is 4. The summed E-state index contributed by atoms with van der Waals surface area (Å²) in [5, 5.41) is 8.14. The van der Waals surface area contributed by atoms with Gasteiger partial charge < -0.3 is 20.9 Å². The first-order valence-electron chi connectivity index (χ1n) is 6.43. The van der Waals surface area contributed by atoms with Crippen LogP contribution in [0.25, 0.3) is 0 Å². The van der Waals surface area contributed by atoms with Gasteiger partial charge in [-0.2, -0.15) is 0 Å². The maximum atomic E-state index is 10.4. The minimum atomic E-state index is -1.98. The molecular formula is C13H36O4SiZr. The quantitative estimate of drug-likeness (QED) is 0.735. The van der Waals surface area contributed by atoms with Crippen LogP contribution < -0.4 is 0 Å². The smallest absolute Gasteiger partial charge is 0.196 e. The normalized spacial score (nSPS) is 10.4. The van der Waals surface area contributed by atoms with E-state index in [1.165, 1.54) is 0 Å². The Labute approximate surface area is 139 Å². The van der Waals surface area contributed by atoms with Crippen molar-refractivity contribution in [3.05, 3.63) is 0 Å². The Bertz CT molecular complexity index is 154. The van der Waals surface area contributed by atoms with Crippen LogP contribution in [0.1, 0.15) is 55.4 Å². The molecule has 4 nitrogen and oxygen atoms in total. The minimum absolute atomic E-state index is 0. The first-order chi connectivity index (χ1) is 7.10. The number of hydrogen-bond donors (Lipinski definition) is 2. The molecule has 0 saturated carbocycles. The predicted molar refractivity (Wildman–Crippen MR) is 82.4 cm³/mol. The zero-order valence-corrected chi connectivity index (χ0v) is 17.4. The summed E-state index contributed by atoms with van der Waals surface area (Å²) in [4.78, 5) is 10.4. The van der Waals surface area contributed by atoms with Crippen molar-refractivity contribution in [1.82, 2.24) is 0 Å². The molecule has 0 bridgehead atoms. The van der Waals surface area contributed by atoms with E-state index >= 15 is 0 Å². The Balaban J connectivity index is -0.0000000717. The van der Waals surface area contributed by atoms with Crippen molar-refractivity contribution in [2.24, 2.45) is 5.92 Å². The summed E-state index contributed by atoms with van der Waals surface area (Å²) >= 11 is 0. The van der Waals surface area contributed by atoms with Gasteiger partial charge >= 0.3 is 0 Å². The molecule has 6 N–H and O–H groups in total. The summed E-state index contributed by atoms with van der Waals surface area (Å²) in [5.41, 5.74) is 1.42. The van der Waals surface area contributed by atoms with E-state index in [1.54, 1.807) is 0 Å². The first-order valence-corrected chi connectivity index (χ1v) is 8.61. The fraction of sp³-hybridized carbons (Fsp3) is 1.00. The van der Waals surface area contributed by atoms with Gasteiger partial charge in [-0.1, -0.05) is 55.4 Å². The third-order valence-corrected chi connectivity index (χ3v) is 8.69. The van der Waals surface area contributed by atoms with Gasteiger partial charge in [0.25, 0.3) is 0 Å². The van der Waals surface area contributed by atoms with Crippen LogP contribution in [0, 0.1) is 5.92 Å². The molecule has 0 saturated heterocycles. The summed E-state index contributed by atoms with van der Waals surface area (Å²) in [5.74, 6) is 0.440. The van der Waals surface area contributed by atoms with E-state index in [0.29, 0.717) is 29.1 Å². The maximum absolute atomic E-state index is 10.4. The minimum Gasteiger partial charge on any atom is -0.431 e. The molecular weight excluding hydrogens is 339 g/mol. The third-order valence-electron chi connectivity index (χ3n) is 3.14. The van der Waals surface area contributed by atoms with E-state index in [-0.39, 0.29) is 37.2 Å². The Morgan fingerprint density at radius 2 is 0.895 bits per heavy atom. The SMILES string of the molecule is CC(C)CO.CC(C)[Si](O)(C(C)C)C(C)C.O.O.[Zr]. The molecule has 0 aliphatic carbocycles. The van der Waals surface area contributed by atoms with Crippen LogP contribution in [0.5, 0.6) is 0 Å². The van der Waals surface area contributed by atoms with Gasteiger partial charge in [0.1, 0.15) is 0 Å². The molecule has 0 unspecified atom stereocenters. The summed E-state index contributed by atoms with van der Waals surface area (Å²) < 4.78 is 0. The van der Waals surface area contributed by atoms with Crippen molar-refractivity contribution in [2.45, 2.75) is 72.0 Å². The van der Waals surface area contributed by atoms with Crippen molar-refractivity contribution in [2.75, 3.05) is 6.61 Å². The fourth-order valence-electron chi connectivity index (χ4n) is 2.00. The first kappa shape index (κ1) is 32.0. The molecule has 0 heterocycles. The van der Waals surface area contributed by atoms with Crippen molar-refractivity contribution < 1.29 is 47.1 Å².